The molecule has 8 heteroatoms. The van der Waals surface area contributed by atoms with Gasteiger partial charge in [0.15, 0.2) is 18.0 Å². The Hall–Kier alpha value is -2.22. The number of allylic oxidation sites excluding steroid dienone is 1. The lowest BCUT2D eigenvalue weighted by molar-refractivity contribution is -0.189. The van der Waals surface area contributed by atoms with E-state index in [4.69, 9.17) is 14.2 Å². The van der Waals surface area contributed by atoms with Gasteiger partial charge in [0.25, 0.3) is 0 Å². The van der Waals surface area contributed by atoms with Crippen molar-refractivity contribution in [1.29, 1.82) is 0 Å². The molecule has 4 aliphatic carbocycles. The van der Waals surface area contributed by atoms with E-state index in [1.54, 1.807) is 6.08 Å². The number of hydrogen-bond donors (Lipinski definition) is 1. The van der Waals surface area contributed by atoms with Crippen molar-refractivity contribution in [3.63, 3.8) is 0 Å². The zero-order valence-corrected chi connectivity index (χ0v) is 24.8. The molecule has 3 saturated carbocycles. The Bertz CT molecular complexity index is 1020. The van der Waals surface area contributed by atoms with Crippen molar-refractivity contribution in [1.82, 2.24) is 0 Å². The highest BCUT2D eigenvalue weighted by molar-refractivity contribution is 5.93. The van der Waals surface area contributed by atoms with Crippen LogP contribution in [0, 0.1) is 28.6 Å². The SMILES string of the molecule is CCCCCOC(=O)O[C@]1(C(=O)COC(=O)CCCC)CC[C@H]2[C@@H]3CCC4=CC(=O)CC[C@]4(C)[C@H]3[C@@H](O)C[C@@]21C. The second-order valence-corrected chi connectivity index (χ2v) is 13.0. The summed E-state index contributed by atoms with van der Waals surface area (Å²) in [5.74, 6) is -0.602. The highest BCUT2D eigenvalue weighted by atomic mass is 16.7. The standard InChI is InChI=1S/C32H48O8/c1-5-7-9-17-38-29(37)40-32(26(35)20-39-27(36)10-8-6-2)16-14-24-23-12-11-21-18-22(33)13-15-30(21,3)28(23)25(34)19-31(24,32)4/h18,23-25,28,34H,5-17,19-20H2,1-4H3/t23-,24-,25-,28+,30-,31-,32-/m0/s1. The fourth-order valence-electron chi connectivity index (χ4n) is 8.69. The summed E-state index contributed by atoms with van der Waals surface area (Å²) in [5.41, 5.74) is -1.51. The van der Waals surface area contributed by atoms with Crippen molar-refractivity contribution in [2.24, 2.45) is 28.6 Å². The van der Waals surface area contributed by atoms with E-state index in [2.05, 4.69) is 13.8 Å². The predicted octanol–water partition coefficient (Wildman–Crippen LogP) is 5.87. The molecule has 7 atom stereocenters. The summed E-state index contributed by atoms with van der Waals surface area (Å²) in [6, 6.07) is 0. The molecule has 0 unspecified atom stereocenters. The van der Waals surface area contributed by atoms with Crippen molar-refractivity contribution in [3.05, 3.63) is 11.6 Å². The Labute approximate surface area is 238 Å². The molecule has 0 saturated heterocycles. The molecule has 4 rings (SSSR count). The molecular formula is C32H48O8. The number of aliphatic hydroxyl groups excluding tert-OH is 1. The molecule has 1 N–H and O–H groups in total. The summed E-state index contributed by atoms with van der Waals surface area (Å²) in [7, 11) is 0. The molecule has 0 aromatic heterocycles. The molecule has 0 aromatic rings. The van der Waals surface area contributed by atoms with Gasteiger partial charge in [-0.3, -0.25) is 14.4 Å². The van der Waals surface area contributed by atoms with E-state index >= 15 is 0 Å². The van der Waals surface area contributed by atoms with Crippen LogP contribution in [0.1, 0.15) is 111 Å². The number of fused-ring (bicyclic) bond motifs is 5. The summed E-state index contributed by atoms with van der Waals surface area (Å²) in [5, 5.41) is 11.8. The minimum absolute atomic E-state index is 0.0301. The van der Waals surface area contributed by atoms with Gasteiger partial charge in [-0.25, -0.2) is 4.79 Å². The van der Waals surface area contributed by atoms with Crippen LogP contribution in [-0.4, -0.2) is 53.7 Å². The number of carbonyl (C=O) groups is 4. The number of ketones is 2. The Balaban J connectivity index is 1.61. The molecule has 0 radical (unpaired) electrons. The van der Waals surface area contributed by atoms with Gasteiger partial charge in [0, 0.05) is 18.3 Å². The second-order valence-electron chi connectivity index (χ2n) is 13.0. The number of unbranched alkanes of at least 4 members (excludes halogenated alkanes) is 3. The molecule has 0 aliphatic heterocycles. The van der Waals surface area contributed by atoms with Crippen molar-refractivity contribution < 1.29 is 38.5 Å². The molecule has 40 heavy (non-hydrogen) atoms. The number of hydrogen-bond acceptors (Lipinski definition) is 8. The van der Waals surface area contributed by atoms with Crippen molar-refractivity contribution in [3.8, 4) is 0 Å². The molecule has 224 valence electrons. The number of aliphatic hydroxyl groups is 1. The summed E-state index contributed by atoms with van der Waals surface area (Å²) in [6.07, 6.45) is 8.60. The van der Waals surface area contributed by atoms with E-state index in [9.17, 15) is 24.3 Å². The third-order valence-corrected chi connectivity index (χ3v) is 10.8. The zero-order chi connectivity index (χ0) is 29.1. The van der Waals surface area contributed by atoms with Crippen LogP contribution in [0.5, 0.6) is 0 Å². The van der Waals surface area contributed by atoms with Crippen molar-refractivity contribution in [2.75, 3.05) is 13.2 Å². The van der Waals surface area contributed by atoms with Crippen LogP contribution in [0.15, 0.2) is 11.6 Å². The second kappa shape index (κ2) is 12.3. The molecular weight excluding hydrogens is 512 g/mol. The first-order valence-electron chi connectivity index (χ1n) is 15.5. The lowest BCUT2D eigenvalue weighted by Crippen LogP contribution is -2.63. The molecule has 0 spiro atoms. The Morgan fingerprint density at radius 3 is 2.48 bits per heavy atom. The highest BCUT2D eigenvalue weighted by Gasteiger charge is 2.70. The molecule has 0 bridgehead atoms. The smallest absolute Gasteiger partial charge is 0.457 e. The topological polar surface area (TPSA) is 116 Å². The first-order chi connectivity index (χ1) is 19.0. The van der Waals surface area contributed by atoms with Crippen LogP contribution in [-0.2, 0) is 28.6 Å². The van der Waals surface area contributed by atoms with Crippen LogP contribution in [0.25, 0.3) is 0 Å². The number of carbonyl (C=O) groups excluding carboxylic acids is 4. The molecule has 3 fully saturated rings. The first kappa shape index (κ1) is 30.7. The van der Waals surface area contributed by atoms with Gasteiger partial charge in [-0.05, 0) is 80.6 Å². The minimum atomic E-state index is -1.55. The fraction of sp³-hybridized carbons (Fsp3) is 0.812. The summed E-state index contributed by atoms with van der Waals surface area (Å²) in [4.78, 5) is 51.4. The predicted molar refractivity (Wildman–Crippen MR) is 148 cm³/mol. The van der Waals surface area contributed by atoms with Gasteiger partial charge >= 0.3 is 12.1 Å². The van der Waals surface area contributed by atoms with Gasteiger partial charge in [0.1, 0.15) is 0 Å². The van der Waals surface area contributed by atoms with E-state index in [-0.39, 0.29) is 48.4 Å². The van der Waals surface area contributed by atoms with Crippen LogP contribution in [0.2, 0.25) is 0 Å². The third kappa shape index (κ3) is 5.49. The normalized spacial score (nSPS) is 36.5. The van der Waals surface area contributed by atoms with Crippen LogP contribution >= 0.6 is 0 Å². The van der Waals surface area contributed by atoms with Gasteiger partial charge in [0.05, 0.1) is 12.7 Å². The van der Waals surface area contributed by atoms with Crippen molar-refractivity contribution in [2.45, 2.75) is 123 Å². The number of ether oxygens (including phenoxy) is 3. The van der Waals surface area contributed by atoms with Crippen molar-refractivity contribution >= 4 is 23.7 Å². The highest BCUT2D eigenvalue weighted by Crippen LogP contribution is 2.68. The van der Waals surface area contributed by atoms with E-state index in [0.717, 1.165) is 44.1 Å². The average Bonchev–Trinajstić information content (AvgIpc) is 3.20. The average molecular weight is 561 g/mol. The quantitative estimate of drug-likeness (QED) is 0.246. The number of rotatable bonds is 11. The first-order valence-corrected chi connectivity index (χ1v) is 15.5. The maximum atomic E-state index is 14.0. The third-order valence-electron chi connectivity index (χ3n) is 10.8. The molecule has 0 amide bonds. The summed E-state index contributed by atoms with van der Waals surface area (Å²) in [6.45, 7) is 7.92. The fourth-order valence-corrected chi connectivity index (χ4v) is 8.69. The van der Waals surface area contributed by atoms with Gasteiger partial charge in [-0.2, -0.15) is 0 Å². The van der Waals surface area contributed by atoms with Gasteiger partial charge < -0.3 is 19.3 Å². The Morgan fingerprint density at radius 2 is 1.75 bits per heavy atom. The zero-order valence-electron chi connectivity index (χ0n) is 24.8. The lowest BCUT2D eigenvalue weighted by atomic mass is 9.45. The van der Waals surface area contributed by atoms with Crippen LogP contribution < -0.4 is 0 Å². The lowest BCUT2D eigenvalue weighted by Gasteiger charge is -2.60. The number of Topliss-reactive ketones (excluding diaryl/α,β-unsaturated/α-hetero) is 1. The molecule has 8 nitrogen and oxygen atoms in total. The van der Waals surface area contributed by atoms with E-state index in [1.807, 2.05) is 13.8 Å². The minimum Gasteiger partial charge on any atom is -0.457 e. The summed E-state index contributed by atoms with van der Waals surface area (Å²) < 4.78 is 16.8. The van der Waals surface area contributed by atoms with E-state index < -0.39 is 41.6 Å². The molecule has 0 aromatic carbocycles. The van der Waals surface area contributed by atoms with Gasteiger partial charge in [-0.1, -0.05) is 52.5 Å². The van der Waals surface area contributed by atoms with Gasteiger partial charge in [0.2, 0.25) is 5.78 Å². The van der Waals surface area contributed by atoms with E-state index in [1.165, 1.54) is 0 Å². The summed E-state index contributed by atoms with van der Waals surface area (Å²) >= 11 is 0. The monoisotopic (exact) mass is 560 g/mol. The molecule has 0 heterocycles. The maximum absolute atomic E-state index is 14.0. The van der Waals surface area contributed by atoms with E-state index in [0.29, 0.717) is 32.1 Å². The Morgan fingerprint density at radius 1 is 1.00 bits per heavy atom. The van der Waals surface area contributed by atoms with Crippen LogP contribution in [0.4, 0.5) is 4.79 Å². The largest absolute Gasteiger partial charge is 0.509 e. The Kier molecular flexibility index (Phi) is 9.48. The molecule has 4 aliphatic rings. The maximum Gasteiger partial charge on any atom is 0.509 e. The number of esters is 1. The van der Waals surface area contributed by atoms with Gasteiger partial charge in [-0.15, -0.1) is 0 Å². The van der Waals surface area contributed by atoms with Crippen LogP contribution in [0.3, 0.4) is 0 Å².